The van der Waals surface area contributed by atoms with E-state index in [1.54, 1.807) is 0 Å². The van der Waals surface area contributed by atoms with Crippen LogP contribution in [0.2, 0.25) is 0 Å². The third-order valence-corrected chi connectivity index (χ3v) is 4.06. The zero-order valence-electron chi connectivity index (χ0n) is 10.4. The summed E-state index contributed by atoms with van der Waals surface area (Å²) in [5.74, 6) is 0.0413. The second-order valence-corrected chi connectivity index (χ2v) is 6.73. The number of hydrogen-bond donors (Lipinski definition) is 0. The number of rotatable bonds is 1. The highest BCUT2D eigenvalue weighted by Gasteiger charge is 2.31. The maximum absolute atomic E-state index is 12.5. The largest absolute Gasteiger partial charge is 0.372 e. The molecule has 3 nitrogen and oxygen atoms in total. The minimum Gasteiger partial charge on any atom is -0.372 e. The van der Waals surface area contributed by atoms with E-state index in [0.29, 0.717) is 25.3 Å². The van der Waals surface area contributed by atoms with Crippen LogP contribution in [0.3, 0.4) is 0 Å². The molecule has 1 heterocycles. The Morgan fingerprint density at radius 2 is 2.11 bits per heavy atom. The van der Waals surface area contributed by atoms with E-state index in [1.807, 2.05) is 36.9 Å². The van der Waals surface area contributed by atoms with Gasteiger partial charge in [-0.1, -0.05) is 15.9 Å². The number of carbonyl (C=O) groups is 1. The highest BCUT2D eigenvalue weighted by molar-refractivity contribution is 9.11. The van der Waals surface area contributed by atoms with Crippen LogP contribution in [0.5, 0.6) is 0 Å². The minimum atomic E-state index is -0.271. The summed E-state index contributed by atoms with van der Waals surface area (Å²) in [4.78, 5) is 14.3. The monoisotopic (exact) mass is 375 g/mol. The maximum atomic E-state index is 12.5. The molecule has 0 atom stereocenters. The number of amides is 1. The third kappa shape index (κ3) is 3.13. The Balaban J connectivity index is 2.23. The normalized spacial score (nSPS) is 18.8. The van der Waals surface area contributed by atoms with Gasteiger partial charge in [0.2, 0.25) is 0 Å². The van der Waals surface area contributed by atoms with Crippen LogP contribution in [-0.4, -0.2) is 36.1 Å². The molecule has 0 N–H and O–H groups in total. The Labute approximate surface area is 124 Å². The van der Waals surface area contributed by atoms with E-state index in [2.05, 4.69) is 31.9 Å². The lowest BCUT2D eigenvalue weighted by Gasteiger charge is -2.38. The van der Waals surface area contributed by atoms with E-state index < -0.39 is 0 Å². The molecule has 1 amide bonds. The van der Waals surface area contributed by atoms with E-state index in [-0.39, 0.29) is 11.5 Å². The van der Waals surface area contributed by atoms with Crippen molar-refractivity contribution < 1.29 is 9.53 Å². The van der Waals surface area contributed by atoms with E-state index in [1.165, 1.54) is 0 Å². The van der Waals surface area contributed by atoms with Crippen molar-refractivity contribution in [3.63, 3.8) is 0 Å². The van der Waals surface area contributed by atoms with Crippen molar-refractivity contribution in [3.05, 3.63) is 32.7 Å². The maximum Gasteiger partial charge on any atom is 0.255 e. The predicted molar refractivity (Wildman–Crippen MR) is 77.8 cm³/mol. The van der Waals surface area contributed by atoms with Crippen molar-refractivity contribution in [2.45, 2.75) is 19.4 Å². The van der Waals surface area contributed by atoms with Crippen molar-refractivity contribution >= 4 is 37.8 Å². The van der Waals surface area contributed by atoms with Crippen molar-refractivity contribution in [2.24, 2.45) is 0 Å². The molecule has 2 rings (SSSR count). The molecule has 0 saturated carbocycles. The van der Waals surface area contributed by atoms with E-state index in [4.69, 9.17) is 4.74 Å². The summed E-state index contributed by atoms with van der Waals surface area (Å²) in [6, 6.07) is 5.63. The van der Waals surface area contributed by atoms with Gasteiger partial charge in [-0.15, -0.1) is 0 Å². The number of nitrogens with zero attached hydrogens (tertiary/aromatic N) is 1. The molecule has 0 unspecified atom stereocenters. The van der Waals surface area contributed by atoms with Gasteiger partial charge in [-0.2, -0.15) is 0 Å². The van der Waals surface area contributed by atoms with Crippen LogP contribution < -0.4 is 0 Å². The number of ether oxygens (including phenoxy) is 1. The number of morpholine rings is 1. The zero-order valence-corrected chi connectivity index (χ0v) is 13.5. The van der Waals surface area contributed by atoms with Gasteiger partial charge in [-0.3, -0.25) is 4.79 Å². The Kier molecular flexibility index (Phi) is 4.14. The van der Waals surface area contributed by atoms with Gasteiger partial charge >= 0.3 is 0 Å². The van der Waals surface area contributed by atoms with Gasteiger partial charge in [0.05, 0.1) is 17.8 Å². The van der Waals surface area contributed by atoms with Crippen molar-refractivity contribution in [2.75, 3.05) is 19.7 Å². The van der Waals surface area contributed by atoms with Crippen LogP contribution in [0, 0.1) is 0 Å². The fourth-order valence-electron chi connectivity index (χ4n) is 2.02. The molecule has 0 spiro atoms. The Morgan fingerprint density at radius 3 is 2.78 bits per heavy atom. The van der Waals surface area contributed by atoms with Crippen LogP contribution >= 0.6 is 31.9 Å². The van der Waals surface area contributed by atoms with Crippen molar-refractivity contribution in [1.29, 1.82) is 0 Å². The molecule has 18 heavy (non-hydrogen) atoms. The fraction of sp³-hybridized carbons (Fsp3) is 0.462. The van der Waals surface area contributed by atoms with Gasteiger partial charge < -0.3 is 9.64 Å². The van der Waals surface area contributed by atoms with Gasteiger partial charge in [0.1, 0.15) is 0 Å². The molecule has 1 saturated heterocycles. The third-order valence-electron chi connectivity index (χ3n) is 2.87. The molecule has 98 valence electrons. The summed E-state index contributed by atoms with van der Waals surface area (Å²) in [5, 5.41) is 0. The molecule has 1 aromatic carbocycles. The molecular formula is C13H15Br2NO2. The molecule has 0 aromatic heterocycles. The molecule has 5 heteroatoms. The highest BCUT2D eigenvalue weighted by atomic mass is 79.9. The summed E-state index contributed by atoms with van der Waals surface area (Å²) in [7, 11) is 0. The number of carbonyl (C=O) groups excluding carboxylic acids is 1. The first-order chi connectivity index (χ1) is 8.39. The van der Waals surface area contributed by atoms with Gasteiger partial charge in [-0.25, -0.2) is 0 Å². The van der Waals surface area contributed by atoms with Crippen LogP contribution in [0.25, 0.3) is 0 Å². The average Bonchev–Trinajstić information content (AvgIpc) is 2.30. The smallest absolute Gasteiger partial charge is 0.255 e. The molecule has 0 bridgehead atoms. The second-order valence-electron chi connectivity index (χ2n) is 4.96. The Morgan fingerprint density at radius 1 is 1.39 bits per heavy atom. The van der Waals surface area contributed by atoms with Gasteiger partial charge in [0.25, 0.3) is 5.91 Å². The lowest BCUT2D eigenvalue weighted by atomic mass is 10.1. The predicted octanol–water partition coefficient (Wildman–Crippen LogP) is 3.46. The van der Waals surface area contributed by atoms with Gasteiger partial charge in [0, 0.05) is 22.0 Å². The highest BCUT2D eigenvalue weighted by Crippen LogP contribution is 2.25. The first-order valence-electron chi connectivity index (χ1n) is 5.77. The van der Waals surface area contributed by atoms with Gasteiger partial charge in [-0.05, 0) is 48.0 Å². The molecule has 0 aliphatic carbocycles. The topological polar surface area (TPSA) is 29.5 Å². The minimum absolute atomic E-state index is 0.0413. The molecular weight excluding hydrogens is 362 g/mol. The summed E-state index contributed by atoms with van der Waals surface area (Å²) < 4.78 is 7.34. The van der Waals surface area contributed by atoms with Gasteiger partial charge in [0.15, 0.2) is 0 Å². The van der Waals surface area contributed by atoms with E-state index in [0.717, 1.165) is 8.95 Å². The van der Waals surface area contributed by atoms with Crippen LogP contribution in [-0.2, 0) is 4.74 Å². The summed E-state index contributed by atoms with van der Waals surface area (Å²) in [6.07, 6.45) is 0. The van der Waals surface area contributed by atoms with Crippen molar-refractivity contribution in [1.82, 2.24) is 4.90 Å². The first-order valence-corrected chi connectivity index (χ1v) is 7.36. The standard InChI is InChI=1S/C13H15Br2NO2/c1-13(2)8-16(5-6-18-13)12(17)10-7-9(14)3-4-11(10)15/h3-4,7H,5-6,8H2,1-2H3. The fourth-order valence-corrected chi connectivity index (χ4v) is 2.80. The quantitative estimate of drug-likeness (QED) is 0.751. The number of hydrogen-bond acceptors (Lipinski definition) is 2. The van der Waals surface area contributed by atoms with Crippen LogP contribution in [0.15, 0.2) is 27.1 Å². The van der Waals surface area contributed by atoms with Crippen LogP contribution in [0.4, 0.5) is 0 Å². The number of halogens is 2. The lowest BCUT2D eigenvalue weighted by molar-refractivity contribution is -0.0764. The summed E-state index contributed by atoms with van der Waals surface area (Å²) >= 11 is 6.82. The SMILES string of the molecule is CC1(C)CN(C(=O)c2cc(Br)ccc2Br)CCO1. The second kappa shape index (κ2) is 5.31. The first kappa shape index (κ1) is 14.0. The molecule has 1 aliphatic rings. The lowest BCUT2D eigenvalue weighted by Crippen LogP contribution is -2.50. The average molecular weight is 377 g/mol. The van der Waals surface area contributed by atoms with E-state index in [9.17, 15) is 4.79 Å². The van der Waals surface area contributed by atoms with Crippen molar-refractivity contribution in [3.8, 4) is 0 Å². The summed E-state index contributed by atoms with van der Waals surface area (Å²) in [5.41, 5.74) is 0.411. The van der Waals surface area contributed by atoms with Crippen LogP contribution in [0.1, 0.15) is 24.2 Å². The molecule has 0 radical (unpaired) electrons. The molecule has 1 aliphatic heterocycles. The molecule has 1 aromatic rings. The Bertz CT molecular complexity index is 474. The van der Waals surface area contributed by atoms with E-state index >= 15 is 0 Å². The Hall–Kier alpha value is -0.390. The molecule has 1 fully saturated rings. The summed E-state index contributed by atoms with van der Waals surface area (Å²) in [6.45, 7) is 5.85. The number of benzene rings is 1. The zero-order chi connectivity index (χ0) is 13.3.